The Bertz CT molecular complexity index is 265. The Labute approximate surface area is 94.2 Å². The summed E-state index contributed by atoms with van der Waals surface area (Å²) >= 11 is 0. The second-order valence-corrected chi connectivity index (χ2v) is 7.19. The highest BCUT2D eigenvalue weighted by Gasteiger charge is 2.61. The number of hydrogen-bond acceptors (Lipinski definition) is 1. The lowest BCUT2D eigenvalue weighted by Crippen LogP contribution is -2.67. The van der Waals surface area contributed by atoms with E-state index in [0.29, 0.717) is 11.0 Å². The van der Waals surface area contributed by atoms with Gasteiger partial charge in [0, 0.05) is 5.54 Å². The molecule has 0 radical (unpaired) electrons. The number of hydrogen-bond donors (Lipinski definition) is 0. The van der Waals surface area contributed by atoms with E-state index >= 15 is 0 Å². The van der Waals surface area contributed by atoms with Gasteiger partial charge in [0.2, 0.25) is 0 Å². The summed E-state index contributed by atoms with van der Waals surface area (Å²) in [7, 11) is 4.63. The van der Waals surface area contributed by atoms with Gasteiger partial charge in [-0.05, 0) is 69.4 Å². The fourth-order valence-electron chi connectivity index (χ4n) is 5.37. The molecule has 0 saturated heterocycles. The number of rotatable bonds is 1. The van der Waals surface area contributed by atoms with Gasteiger partial charge in [0.1, 0.15) is 0 Å². The summed E-state index contributed by atoms with van der Waals surface area (Å²) in [6.45, 7) is 5.07. The summed E-state index contributed by atoms with van der Waals surface area (Å²) in [6, 6.07) is 0. The molecule has 4 fully saturated rings. The van der Waals surface area contributed by atoms with Crippen molar-refractivity contribution in [3.8, 4) is 0 Å². The van der Waals surface area contributed by atoms with Crippen LogP contribution in [-0.4, -0.2) is 24.5 Å². The number of nitrogens with zero attached hydrogens (tertiary/aromatic N) is 1. The van der Waals surface area contributed by atoms with Gasteiger partial charge >= 0.3 is 0 Å². The standard InChI is InChI=1S/C14H25N/c1-13(2)12-6-10-5-11(7-12)9-14(13,8-10)15(3)4/h10-12H,5-9H2,1-4H3. The van der Waals surface area contributed by atoms with Crippen molar-refractivity contribution < 1.29 is 0 Å². The molecule has 4 saturated carbocycles. The van der Waals surface area contributed by atoms with Crippen LogP contribution in [-0.2, 0) is 0 Å². The van der Waals surface area contributed by atoms with Crippen LogP contribution in [0.15, 0.2) is 0 Å². The van der Waals surface area contributed by atoms with Crippen molar-refractivity contribution in [1.82, 2.24) is 4.90 Å². The van der Waals surface area contributed by atoms with Crippen LogP contribution in [0.3, 0.4) is 0 Å². The maximum absolute atomic E-state index is 2.57. The molecule has 1 heteroatoms. The van der Waals surface area contributed by atoms with E-state index in [9.17, 15) is 0 Å². The minimum atomic E-state index is 0.530. The molecular weight excluding hydrogens is 182 g/mol. The topological polar surface area (TPSA) is 3.24 Å². The maximum Gasteiger partial charge on any atom is 0.0262 e. The monoisotopic (exact) mass is 207 g/mol. The smallest absolute Gasteiger partial charge is 0.0262 e. The molecule has 86 valence electrons. The van der Waals surface area contributed by atoms with Crippen LogP contribution in [0.25, 0.3) is 0 Å². The van der Waals surface area contributed by atoms with Crippen molar-refractivity contribution in [3.05, 3.63) is 0 Å². The molecule has 4 aliphatic rings. The predicted octanol–water partition coefficient (Wildman–Crippen LogP) is 3.15. The third kappa shape index (κ3) is 1.08. The average molecular weight is 207 g/mol. The van der Waals surface area contributed by atoms with Gasteiger partial charge in [-0.2, -0.15) is 0 Å². The van der Waals surface area contributed by atoms with E-state index in [1.54, 1.807) is 6.42 Å². The fourth-order valence-corrected chi connectivity index (χ4v) is 5.37. The molecule has 0 aromatic heterocycles. The molecule has 0 amide bonds. The molecule has 0 spiro atoms. The highest BCUT2D eigenvalue weighted by Crippen LogP contribution is 2.65. The first-order valence-corrected chi connectivity index (χ1v) is 6.63. The third-order valence-corrected chi connectivity index (χ3v) is 6.23. The first kappa shape index (κ1) is 10.1. The van der Waals surface area contributed by atoms with Crippen molar-refractivity contribution >= 4 is 0 Å². The van der Waals surface area contributed by atoms with E-state index in [2.05, 4.69) is 32.8 Å². The van der Waals surface area contributed by atoms with Gasteiger partial charge in [-0.1, -0.05) is 13.8 Å². The molecule has 4 aliphatic carbocycles. The molecule has 4 rings (SSSR count). The van der Waals surface area contributed by atoms with Gasteiger partial charge in [-0.3, -0.25) is 0 Å². The van der Waals surface area contributed by atoms with Gasteiger partial charge in [-0.15, -0.1) is 0 Å². The Balaban J connectivity index is 2.05. The van der Waals surface area contributed by atoms with Crippen molar-refractivity contribution in [3.63, 3.8) is 0 Å². The molecule has 0 aromatic rings. The molecule has 2 unspecified atom stereocenters. The first-order chi connectivity index (χ1) is 6.96. The summed E-state index contributed by atoms with van der Waals surface area (Å²) in [4.78, 5) is 2.57. The van der Waals surface area contributed by atoms with Gasteiger partial charge < -0.3 is 4.90 Å². The van der Waals surface area contributed by atoms with Crippen LogP contribution in [0, 0.1) is 23.2 Å². The summed E-state index contributed by atoms with van der Waals surface area (Å²) in [6.07, 6.45) is 7.54. The molecule has 0 aromatic carbocycles. The van der Waals surface area contributed by atoms with E-state index in [1.807, 2.05) is 0 Å². The molecule has 2 atom stereocenters. The van der Waals surface area contributed by atoms with Crippen LogP contribution in [0.4, 0.5) is 0 Å². The highest BCUT2D eigenvalue weighted by atomic mass is 15.2. The Morgan fingerprint density at radius 1 is 0.933 bits per heavy atom. The zero-order valence-electron chi connectivity index (χ0n) is 10.7. The lowest BCUT2D eigenvalue weighted by molar-refractivity contribution is -0.166. The van der Waals surface area contributed by atoms with Crippen LogP contribution in [0.2, 0.25) is 0 Å². The van der Waals surface area contributed by atoms with Crippen LogP contribution >= 0.6 is 0 Å². The van der Waals surface area contributed by atoms with Crippen LogP contribution in [0.5, 0.6) is 0 Å². The Hall–Kier alpha value is -0.0400. The Morgan fingerprint density at radius 2 is 1.47 bits per heavy atom. The third-order valence-electron chi connectivity index (χ3n) is 6.23. The van der Waals surface area contributed by atoms with Gasteiger partial charge in [0.15, 0.2) is 0 Å². The van der Waals surface area contributed by atoms with E-state index < -0.39 is 0 Å². The lowest BCUT2D eigenvalue weighted by atomic mass is 9.42. The minimum Gasteiger partial charge on any atom is -0.303 e. The fraction of sp³-hybridized carbons (Fsp3) is 1.00. The molecular formula is C14H25N. The van der Waals surface area contributed by atoms with E-state index in [1.165, 1.54) is 25.7 Å². The lowest BCUT2D eigenvalue weighted by Gasteiger charge is -2.68. The van der Waals surface area contributed by atoms with Crippen molar-refractivity contribution in [2.45, 2.75) is 51.5 Å². The second-order valence-electron chi connectivity index (χ2n) is 7.19. The molecule has 15 heavy (non-hydrogen) atoms. The largest absolute Gasteiger partial charge is 0.303 e. The molecule has 0 aliphatic heterocycles. The summed E-state index contributed by atoms with van der Waals surface area (Å²) in [5.41, 5.74) is 1.08. The summed E-state index contributed by atoms with van der Waals surface area (Å²) in [5.74, 6) is 3.11. The normalized spacial score (nSPS) is 51.4. The van der Waals surface area contributed by atoms with Crippen molar-refractivity contribution in [2.24, 2.45) is 23.2 Å². The average Bonchev–Trinajstić information content (AvgIpc) is 2.13. The molecule has 4 bridgehead atoms. The molecule has 0 heterocycles. The predicted molar refractivity (Wildman–Crippen MR) is 63.8 cm³/mol. The van der Waals surface area contributed by atoms with Crippen LogP contribution in [0.1, 0.15) is 46.0 Å². The summed E-state index contributed by atoms with van der Waals surface area (Å²) < 4.78 is 0. The van der Waals surface area contributed by atoms with E-state index in [4.69, 9.17) is 0 Å². The SMILES string of the molecule is CN(C)C12CC3CC(CC(C3)C1(C)C)C2. The van der Waals surface area contributed by atoms with Gasteiger partial charge in [0.25, 0.3) is 0 Å². The summed E-state index contributed by atoms with van der Waals surface area (Å²) in [5, 5.41) is 0. The maximum atomic E-state index is 2.57. The van der Waals surface area contributed by atoms with Crippen molar-refractivity contribution in [2.75, 3.05) is 14.1 Å². The van der Waals surface area contributed by atoms with E-state index in [0.717, 1.165) is 17.8 Å². The zero-order chi connectivity index (χ0) is 10.8. The van der Waals surface area contributed by atoms with Crippen molar-refractivity contribution in [1.29, 1.82) is 0 Å². The Kier molecular flexibility index (Phi) is 1.89. The first-order valence-electron chi connectivity index (χ1n) is 6.63. The van der Waals surface area contributed by atoms with Gasteiger partial charge in [-0.25, -0.2) is 0 Å². The zero-order valence-corrected chi connectivity index (χ0v) is 10.7. The second kappa shape index (κ2) is 2.80. The van der Waals surface area contributed by atoms with E-state index in [-0.39, 0.29) is 0 Å². The Morgan fingerprint density at radius 3 is 1.93 bits per heavy atom. The highest BCUT2D eigenvalue weighted by molar-refractivity contribution is 5.15. The molecule has 1 nitrogen and oxygen atoms in total. The minimum absolute atomic E-state index is 0.530. The quantitative estimate of drug-likeness (QED) is 0.638. The van der Waals surface area contributed by atoms with Crippen LogP contribution < -0.4 is 0 Å². The molecule has 0 N–H and O–H groups in total. The van der Waals surface area contributed by atoms with Gasteiger partial charge in [0.05, 0.1) is 0 Å².